The fraction of sp³-hybridized carbons (Fsp3) is 0.176. The maximum Gasteiger partial charge on any atom is 0.416 e. The standard InChI is InChI=1S/C17H14F3N5O3S/c1-29(27,28)14-7-5-13(6-8-14)21-15(26)10-25-23-16(22-24-25)11-3-2-4-12(9-11)17(18,19)20/h2-9H,10H2,1H3,(H,21,26). The van der Waals surface area contributed by atoms with Gasteiger partial charge in [-0.2, -0.15) is 18.0 Å². The van der Waals surface area contributed by atoms with Crippen LogP contribution >= 0.6 is 0 Å². The monoisotopic (exact) mass is 425 g/mol. The molecule has 1 aromatic heterocycles. The first kappa shape index (κ1) is 20.5. The Kier molecular flexibility index (Phi) is 5.38. The van der Waals surface area contributed by atoms with Gasteiger partial charge in [-0.15, -0.1) is 10.2 Å². The van der Waals surface area contributed by atoms with Gasteiger partial charge in [0.2, 0.25) is 11.7 Å². The molecule has 0 saturated carbocycles. The molecule has 0 spiro atoms. The van der Waals surface area contributed by atoms with E-state index in [1.54, 1.807) is 0 Å². The Balaban J connectivity index is 1.68. The minimum absolute atomic E-state index is 0.0543. The van der Waals surface area contributed by atoms with Gasteiger partial charge >= 0.3 is 6.18 Å². The van der Waals surface area contributed by atoms with E-state index in [2.05, 4.69) is 20.7 Å². The van der Waals surface area contributed by atoms with Crippen LogP contribution in [-0.2, 0) is 27.4 Å². The Morgan fingerprint density at radius 3 is 2.45 bits per heavy atom. The zero-order valence-electron chi connectivity index (χ0n) is 14.9. The van der Waals surface area contributed by atoms with Crippen LogP contribution < -0.4 is 5.32 Å². The molecule has 0 radical (unpaired) electrons. The number of carbonyl (C=O) groups is 1. The van der Waals surface area contributed by atoms with E-state index in [1.165, 1.54) is 36.4 Å². The normalized spacial score (nSPS) is 12.0. The third-order valence-corrected chi connectivity index (χ3v) is 4.88. The maximum atomic E-state index is 12.8. The summed E-state index contributed by atoms with van der Waals surface area (Å²) >= 11 is 0. The van der Waals surface area contributed by atoms with Gasteiger partial charge in [-0.05, 0) is 41.6 Å². The van der Waals surface area contributed by atoms with Crippen LogP contribution in [0.1, 0.15) is 5.56 Å². The molecule has 3 aromatic rings. The number of benzene rings is 2. The Morgan fingerprint density at radius 2 is 1.83 bits per heavy atom. The molecule has 1 heterocycles. The van der Waals surface area contributed by atoms with Gasteiger partial charge in [0.1, 0.15) is 6.54 Å². The number of alkyl halides is 3. The smallest absolute Gasteiger partial charge is 0.324 e. The summed E-state index contributed by atoms with van der Waals surface area (Å²) in [5.74, 6) is -0.577. The van der Waals surface area contributed by atoms with E-state index in [0.29, 0.717) is 5.69 Å². The van der Waals surface area contributed by atoms with Crippen LogP contribution in [0.25, 0.3) is 11.4 Å². The summed E-state index contributed by atoms with van der Waals surface area (Å²) < 4.78 is 61.3. The number of hydrogen-bond donors (Lipinski definition) is 1. The quantitative estimate of drug-likeness (QED) is 0.673. The molecule has 1 N–H and O–H groups in total. The third kappa shape index (κ3) is 5.16. The van der Waals surface area contributed by atoms with Crippen molar-refractivity contribution in [2.24, 2.45) is 0 Å². The molecule has 29 heavy (non-hydrogen) atoms. The summed E-state index contributed by atoms with van der Waals surface area (Å²) in [5.41, 5.74) is -0.370. The lowest BCUT2D eigenvalue weighted by molar-refractivity contribution is -0.137. The Morgan fingerprint density at radius 1 is 1.14 bits per heavy atom. The van der Waals surface area contributed by atoms with Gasteiger partial charge in [0.15, 0.2) is 9.84 Å². The van der Waals surface area contributed by atoms with Crippen molar-refractivity contribution in [3.8, 4) is 11.4 Å². The van der Waals surface area contributed by atoms with E-state index < -0.39 is 27.5 Å². The molecule has 0 saturated heterocycles. The van der Waals surface area contributed by atoms with Crippen molar-refractivity contribution in [1.82, 2.24) is 20.2 Å². The lowest BCUT2D eigenvalue weighted by atomic mass is 10.1. The van der Waals surface area contributed by atoms with Gasteiger partial charge in [0.25, 0.3) is 0 Å². The number of tetrazole rings is 1. The molecule has 1 amide bonds. The average Bonchev–Trinajstić information content (AvgIpc) is 3.09. The Bertz CT molecular complexity index is 1140. The third-order valence-electron chi connectivity index (χ3n) is 3.75. The predicted octanol–water partition coefficient (Wildman–Crippen LogP) is 2.40. The number of nitrogens with one attached hydrogen (secondary N) is 1. The highest BCUT2D eigenvalue weighted by atomic mass is 32.2. The second kappa shape index (κ2) is 7.62. The number of anilines is 1. The van der Waals surface area contributed by atoms with E-state index in [1.807, 2.05) is 0 Å². The first-order valence-electron chi connectivity index (χ1n) is 8.08. The van der Waals surface area contributed by atoms with E-state index in [4.69, 9.17) is 0 Å². The fourth-order valence-electron chi connectivity index (χ4n) is 2.37. The van der Waals surface area contributed by atoms with Gasteiger partial charge in [-0.1, -0.05) is 12.1 Å². The molecule has 0 fully saturated rings. The molecule has 3 rings (SSSR count). The summed E-state index contributed by atoms with van der Waals surface area (Å²) in [6, 6.07) is 10.0. The van der Waals surface area contributed by atoms with Crippen molar-refractivity contribution >= 4 is 21.4 Å². The molecule has 0 aliphatic carbocycles. The van der Waals surface area contributed by atoms with Gasteiger partial charge in [-0.25, -0.2) is 8.42 Å². The molecule has 0 aliphatic heterocycles. The molecule has 152 valence electrons. The van der Waals surface area contributed by atoms with Crippen LogP contribution in [0.2, 0.25) is 0 Å². The van der Waals surface area contributed by atoms with Crippen LogP contribution in [0.3, 0.4) is 0 Å². The predicted molar refractivity (Wildman–Crippen MR) is 96.4 cm³/mol. The van der Waals surface area contributed by atoms with Crippen LogP contribution in [0, 0.1) is 0 Å². The van der Waals surface area contributed by atoms with Crippen LogP contribution in [-0.4, -0.2) is 40.8 Å². The lowest BCUT2D eigenvalue weighted by Crippen LogP contribution is -2.20. The van der Waals surface area contributed by atoms with Crippen molar-refractivity contribution < 1.29 is 26.4 Å². The number of aromatic nitrogens is 4. The van der Waals surface area contributed by atoms with E-state index in [9.17, 15) is 26.4 Å². The molecule has 2 aromatic carbocycles. The summed E-state index contributed by atoms with van der Waals surface area (Å²) in [7, 11) is -3.35. The van der Waals surface area contributed by atoms with Crippen molar-refractivity contribution in [1.29, 1.82) is 0 Å². The van der Waals surface area contributed by atoms with Gasteiger partial charge < -0.3 is 5.32 Å². The molecule has 0 atom stereocenters. The number of nitrogens with zero attached hydrogens (tertiary/aromatic N) is 4. The number of hydrogen-bond acceptors (Lipinski definition) is 6. The second-order valence-electron chi connectivity index (χ2n) is 6.07. The van der Waals surface area contributed by atoms with Crippen molar-refractivity contribution in [2.75, 3.05) is 11.6 Å². The SMILES string of the molecule is CS(=O)(=O)c1ccc(NC(=O)Cn2nnc(-c3cccc(C(F)(F)F)c3)n2)cc1. The molecule has 8 nitrogen and oxygen atoms in total. The summed E-state index contributed by atoms with van der Waals surface area (Å²) in [5, 5.41) is 13.8. The first-order chi connectivity index (χ1) is 13.5. The lowest BCUT2D eigenvalue weighted by Gasteiger charge is -2.06. The minimum atomic E-state index is -4.50. The maximum absolute atomic E-state index is 12.8. The zero-order chi connectivity index (χ0) is 21.2. The number of carbonyl (C=O) groups excluding carboxylic acids is 1. The first-order valence-corrected chi connectivity index (χ1v) is 9.97. The minimum Gasteiger partial charge on any atom is -0.324 e. The average molecular weight is 425 g/mol. The molecule has 12 heteroatoms. The van der Waals surface area contributed by atoms with Gasteiger partial charge in [0.05, 0.1) is 10.5 Å². The van der Waals surface area contributed by atoms with Crippen molar-refractivity contribution in [3.05, 3.63) is 54.1 Å². The number of halogens is 3. The topological polar surface area (TPSA) is 107 Å². The zero-order valence-corrected chi connectivity index (χ0v) is 15.7. The molecular weight excluding hydrogens is 411 g/mol. The Hall–Kier alpha value is -3.28. The van der Waals surface area contributed by atoms with Gasteiger partial charge in [-0.3, -0.25) is 4.79 Å². The van der Waals surface area contributed by atoms with Crippen LogP contribution in [0.4, 0.5) is 18.9 Å². The highest BCUT2D eigenvalue weighted by Crippen LogP contribution is 2.31. The Labute approximate surface area is 163 Å². The highest BCUT2D eigenvalue weighted by molar-refractivity contribution is 7.90. The van der Waals surface area contributed by atoms with Gasteiger partial charge in [0, 0.05) is 17.5 Å². The molecule has 0 unspecified atom stereocenters. The van der Waals surface area contributed by atoms with E-state index in [-0.39, 0.29) is 22.8 Å². The second-order valence-corrected chi connectivity index (χ2v) is 8.08. The van der Waals surface area contributed by atoms with Crippen LogP contribution in [0.5, 0.6) is 0 Å². The van der Waals surface area contributed by atoms with Crippen molar-refractivity contribution in [2.45, 2.75) is 17.6 Å². The number of amides is 1. The number of sulfone groups is 1. The molecule has 0 aliphatic rings. The highest BCUT2D eigenvalue weighted by Gasteiger charge is 2.30. The van der Waals surface area contributed by atoms with Crippen LogP contribution in [0.15, 0.2) is 53.4 Å². The van der Waals surface area contributed by atoms with E-state index >= 15 is 0 Å². The summed E-state index contributed by atoms with van der Waals surface area (Å²) in [6.07, 6.45) is -3.43. The largest absolute Gasteiger partial charge is 0.416 e. The number of rotatable bonds is 5. The molecular formula is C17H14F3N5O3S. The molecule has 0 bridgehead atoms. The van der Waals surface area contributed by atoms with E-state index in [0.717, 1.165) is 23.2 Å². The van der Waals surface area contributed by atoms with Crippen molar-refractivity contribution in [3.63, 3.8) is 0 Å². The summed E-state index contributed by atoms with van der Waals surface area (Å²) in [6.45, 7) is -0.334. The summed E-state index contributed by atoms with van der Waals surface area (Å²) in [4.78, 5) is 13.1. The fourth-order valence-corrected chi connectivity index (χ4v) is 3.01.